The summed E-state index contributed by atoms with van der Waals surface area (Å²) in [7, 11) is 1.73. The zero-order valence-corrected chi connectivity index (χ0v) is 16.0. The molecule has 2 aromatic heterocycles. The van der Waals surface area contributed by atoms with E-state index in [0.29, 0.717) is 12.6 Å². The van der Waals surface area contributed by atoms with Crippen LogP contribution in [-0.4, -0.2) is 50.3 Å². The van der Waals surface area contributed by atoms with Crippen LogP contribution in [0.25, 0.3) is 0 Å². The number of halogens is 3. The Morgan fingerprint density at radius 2 is 2.11 bits per heavy atom. The number of carboxylic acid groups (broad SMARTS) is 1. The van der Waals surface area contributed by atoms with Gasteiger partial charge in [0.1, 0.15) is 5.82 Å². The lowest BCUT2D eigenvalue weighted by atomic mass is 10.2. The second kappa shape index (κ2) is 8.81. The fourth-order valence-corrected chi connectivity index (χ4v) is 3.38. The van der Waals surface area contributed by atoms with Gasteiger partial charge in [0.05, 0.1) is 35.2 Å². The van der Waals surface area contributed by atoms with E-state index in [1.54, 1.807) is 18.4 Å². The molecule has 0 spiro atoms. The molecule has 150 valence electrons. The monoisotopic (exact) mass is 406 g/mol. The van der Waals surface area contributed by atoms with E-state index in [4.69, 9.17) is 14.6 Å². The van der Waals surface area contributed by atoms with E-state index in [1.165, 1.54) is 5.69 Å². The van der Waals surface area contributed by atoms with Gasteiger partial charge < -0.3 is 14.4 Å². The van der Waals surface area contributed by atoms with Crippen molar-refractivity contribution in [3.05, 3.63) is 33.8 Å². The number of ether oxygens (including phenoxy) is 1. The molecule has 1 aliphatic rings. The number of thiazole rings is 1. The fourth-order valence-electron chi connectivity index (χ4n) is 2.77. The van der Waals surface area contributed by atoms with Crippen LogP contribution in [0, 0.1) is 6.92 Å². The number of carbonyl (C=O) groups is 1. The van der Waals surface area contributed by atoms with Crippen LogP contribution < -0.4 is 0 Å². The average Bonchev–Trinajstić information content (AvgIpc) is 3.17. The van der Waals surface area contributed by atoms with Crippen LogP contribution in [0.2, 0.25) is 0 Å². The van der Waals surface area contributed by atoms with Crippen molar-refractivity contribution in [1.29, 1.82) is 0 Å². The average molecular weight is 406 g/mol. The molecule has 1 N–H and O–H groups in total. The molecule has 2 aromatic rings. The van der Waals surface area contributed by atoms with Gasteiger partial charge >= 0.3 is 12.1 Å². The van der Waals surface area contributed by atoms with Gasteiger partial charge in [0, 0.05) is 32.1 Å². The first-order valence-corrected chi connectivity index (χ1v) is 8.99. The van der Waals surface area contributed by atoms with Crippen molar-refractivity contribution in [3.8, 4) is 0 Å². The topological polar surface area (TPSA) is 80.5 Å². The van der Waals surface area contributed by atoms with E-state index >= 15 is 0 Å². The number of aryl methyl sites for hydroxylation is 1. The van der Waals surface area contributed by atoms with Crippen molar-refractivity contribution >= 4 is 17.3 Å². The molecule has 11 heteroatoms. The number of methoxy groups -OCH3 is 1. The lowest BCUT2D eigenvalue weighted by Crippen LogP contribution is -2.37. The summed E-state index contributed by atoms with van der Waals surface area (Å²) in [5, 5.41) is 10.4. The molecule has 7 nitrogen and oxygen atoms in total. The maximum absolute atomic E-state index is 10.6. The Morgan fingerprint density at radius 3 is 2.63 bits per heavy atom. The number of fused-ring (bicyclic) bond motifs is 1. The van der Waals surface area contributed by atoms with Gasteiger partial charge in [-0.2, -0.15) is 13.2 Å². The highest BCUT2D eigenvalue weighted by Gasteiger charge is 2.38. The van der Waals surface area contributed by atoms with Gasteiger partial charge in [-0.05, 0) is 13.8 Å². The Balaban J connectivity index is 0.000000321. The molecule has 3 rings (SSSR count). The highest BCUT2D eigenvalue weighted by atomic mass is 32.1. The number of hydrogen-bond donors (Lipinski definition) is 1. The van der Waals surface area contributed by atoms with Crippen molar-refractivity contribution in [2.45, 2.75) is 45.8 Å². The first-order chi connectivity index (χ1) is 12.6. The van der Waals surface area contributed by atoms with E-state index in [2.05, 4.69) is 38.7 Å². The number of aromatic nitrogens is 3. The number of aliphatic carboxylic acids is 1. The van der Waals surface area contributed by atoms with Crippen molar-refractivity contribution in [1.82, 2.24) is 19.4 Å². The van der Waals surface area contributed by atoms with Crippen molar-refractivity contribution in [2.24, 2.45) is 0 Å². The molecular weight excluding hydrogens is 385 g/mol. The summed E-state index contributed by atoms with van der Waals surface area (Å²) in [6, 6.07) is 0.316. The highest BCUT2D eigenvalue weighted by molar-refractivity contribution is 7.09. The van der Waals surface area contributed by atoms with Gasteiger partial charge in [-0.15, -0.1) is 11.3 Å². The zero-order valence-electron chi connectivity index (χ0n) is 15.2. The first kappa shape index (κ1) is 21.3. The molecule has 1 aliphatic heterocycles. The number of imidazole rings is 1. The Morgan fingerprint density at radius 1 is 1.44 bits per heavy atom. The van der Waals surface area contributed by atoms with Crippen LogP contribution in [0.1, 0.15) is 35.2 Å². The summed E-state index contributed by atoms with van der Waals surface area (Å²) >= 11 is 1.72. The summed E-state index contributed by atoms with van der Waals surface area (Å²) in [6.07, 6.45) is -3.15. The van der Waals surface area contributed by atoms with Gasteiger partial charge in [0.25, 0.3) is 0 Å². The minimum absolute atomic E-state index is 0.316. The minimum Gasteiger partial charge on any atom is -0.475 e. The second-order valence-electron chi connectivity index (χ2n) is 6.00. The predicted molar refractivity (Wildman–Crippen MR) is 92.3 cm³/mol. The van der Waals surface area contributed by atoms with Crippen molar-refractivity contribution in [3.63, 3.8) is 0 Å². The van der Waals surface area contributed by atoms with E-state index in [0.717, 1.165) is 36.2 Å². The lowest BCUT2D eigenvalue weighted by molar-refractivity contribution is -0.192. The smallest absolute Gasteiger partial charge is 0.475 e. The first-order valence-electron chi connectivity index (χ1n) is 8.12. The third-order valence-electron chi connectivity index (χ3n) is 4.07. The van der Waals surface area contributed by atoms with Crippen molar-refractivity contribution < 1.29 is 27.8 Å². The molecule has 0 aromatic carbocycles. The molecule has 0 saturated carbocycles. The Bertz CT molecular complexity index is 775. The minimum atomic E-state index is -5.08. The van der Waals surface area contributed by atoms with E-state index in [9.17, 15) is 13.2 Å². The standard InChI is InChI=1S/C14H20N4OS.C2HF3O2/c1-10-14-15-6-13(8-19-3)18(14)5-4-17(10)7-12-9-20-11(2)16-12;3-2(4,5)1(6)7/h6,9-10H,4-5,7-8H2,1-3H3;(H,6,7). The lowest BCUT2D eigenvalue weighted by Gasteiger charge is -2.33. The van der Waals surface area contributed by atoms with Gasteiger partial charge in [0.2, 0.25) is 0 Å². The van der Waals surface area contributed by atoms with Crippen LogP contribution in [0.15, 0.2) is 11.6 Å². The van der Waals surface area contributed by atoms with E-state index in [1.807, 2.05) is 6.20 Å². The molecule has 0 aliphatic carbocycles. The number of nitrogens with zero attached hydrogens (tertiary/aromatic N) is 4. The molecule has 1 unspecified atom stereocenters. The molecule has 1 atom stereocenters. The summed E-state index contributed by atoms with van der Waals surface area (Å²) in [5.41, 5.74) is 2.33. The van der Waals surface area contributed by atoms with Crippen LogP contribution in [0.4, 0.5) is 13.2 Å². The van der Waals surface area contributed by atoms with Gasteiger partial charge in [-0.25, -0.2) is 14.8 Å². The molecule has 0 saturated heterocycles. The number of rotatable bonds is 4. The van der Waals surface area contributed by atoms with Crippen LogP contribution in [0.3, 0.4) is 0 Å². The van der Waals surface area contributed by atoms with Crippen LogP contribution in [0.5, 0.6) is 0 Å². The maximum Gasteiger partial charge on any atom is 0.490 e. The Labute approximate surface area is 158 Å². The predicted octanol–water partition coefficient (Wildman–Crippen LogP) is 3.00. The molecule has 27 heavy (non-hydrogen) atoms. The largest absolute Gasteiger partial charge is 0.490 e. The molecular formula is C16H21F3N4O3S. The number of hydrogen-bond acceptors (Lipinski definition) is 6. The second-order valence-corrected chi connectivity index (χ2v) is 7.06. The summed E-state index contributed by atoms with van der Waals surface area (Å²) < 4.78 is 39.3. The molecule has 0 amide bonds. The molecule has 0 radical (unpaired) electrons. The molecule has 0 bridgehead atoms. The van der Waals surface area contributed by atoms with Gasteiger partial charge in [-0.1, -0.05) is 0 Å². The van der Waals surface area contributed by atoms with Gasteiger partial charge in [0.15, 0.2) is 0 Å². The maximum atomic E-state index is 10.6. The third-order valence-corrected chi connectivity index (χ3v) is 4.89. The normalized spacial score (nSPS) is 17.2. The zero-order chi connectivity index (χ0) is 20.2. The number of carboxylic acids is 1. The van der Waals surface area contributed by atoms with E-state index in [-0.39, 0.29) is 0 Å². The number of alkyl halides is 3. The SMILES string of the molecule is COCc1cnc2n1CCN(Cc1csc(C)n1)C2C.O=C(O)C(F)(F)F. The van der Waals surface area contributed by atoms with Gasteiger partial charge in [-0.3, -0.25) is 4.90 Å². The summed E-state index contributed by atoms with van der Waals surface area (Å²) in [6.45, 7) is 7.80. The highest BCUT2D eigenvalue weighted by Crippen LogP contribution is 2.27. The van der Waals surface area contributed by atoms with Crippen LogP contribution >= 0.6 is 11.3 Å². The van der Waals surface area contributed by atoms with Crippen molar-refractivity contribution in [2.75, 3.05) is 13.7 Å². The molecule has 3 heterocycles. The summed E-state index contributed by atoms with van der Waals surface area (Å²) in [4.78, 5) is 20.5. The quantitative estimate of drug-likeness (QED) is 0.841. The molecule has 0 fully saturated rings. The Kier molecular flexibility index (Phi) is 6.95. The van der Waals surface area contributed by atoms with E-state index < -0.39 is 12.1 Å². The van der Waals surface area contributed by atoms with Crippen LogP contribution in [-0.2, 0) is 29.2 Å². The fraction of sp³-hybridized carbons (Fsp3) is 0.562. The summed E-state index contributed by atoms with van der Waals surface area (Å²) in [5.74, 6) is -1.62. The third kappa shape index (κ3) is 5.50. The Hall–Kier alpha value is -1.98.